The van der Waals surface area contributed by atoms with E-state index in [1.165, 1.54) is 12.5 Å². The highest BCUT2D eigenvalue weighted by molar-refractivity contribution is 5.47. The zero-order valence-corrected chi connectivity index (χ0v) is 15.0. The van der Waals surface area contributed by atoms with Crippen molar-refractivity contribution < 1.29 is 9.90 Å². The lowest BCUT2D eigenvalue weighted by atomic mass is 10.0. The van der Waals surface area contributed by atoms with Crippen LogP contribution in [0.25, 0.3) is 0 Å². The summed E-state index contributed by atoms with van der Waals surface area (Å²) in [6, 6.07) is 14.9. The molecule has 2 aromatic rings. The van der Waals surface area contributed by atoms with Gasteiger partial charge in [0.25, 0.3) is 0 Å². The number of likely N-dealkylation sites (tertiary alicyclic amines) is 1. The van der Waals surface area contributed by atoms with Crippen molar-refractivity contribution in [2.24, 2.45) is 0 Å². The summed E-state index contributed by atoms with van der Waals surface area (Å²) in [6.07, 6.45) is 5.10. The zero-order valence-electron chi connectivity index (χ0n) is 15.0. The van der Waals surface area contributed by atoms with E-state index in [0.29, 0.717) is 0 Å². The number of anilines is 1. The first-order chi connectivity index (χ1) is 12.2. The highest BCUT2D eigenvalue weighted by atomic mass is 16.3. The number of carbonyl (C=O) groups excluding carboxylic acids is 1. The molecule has 5 nitrogen and oxygen atoms in total. The largest absolute Gasteiger partial charge is 0.392 e. The molecule has 0 spiro atoms. The lowest BCUT2D eigenvalue weighted by molar-refractivity contribution is -0.106. The maximum absolute atomic E-state index is 9.78. The smallest absolute Gasteiger partial charge is 0.116 e. The molecule has 1 N–H and O–H groups in total. The minimum atomic E-state index is -0.178. The van der Waals surface area contributed by atoms with Crippen molar-refractivity contribution in [1.29, 1.82) is 0 Å². The van der Waals surface area contributed by atoms with Crippen LogP contribution in [0.2, 0.25) is 0 Å². The summed E-state index contributed by atoms with van der Waals surface area (Å²) in [6.45, 7) is 4.10. The van der Waals surface area contributed by atoms with Crippen molar-refractivity contribution >= 4 is 12.0 Å². The highest BCUT2D eigenvalue weighted by Crippen LogP contribution is 2.27. The molecular formula is C20H27N3O2. The van der Waals surface area contributed by atoms with Crippen LogP contribution in [0.3, 0.4) is 0 Å². The molecule has 0 amide bonds. The number of nitrogens with zero attached hydrogens (tertiary/aromatic N) is 3. The number of aliphatic hydroxyl groups excluding tert-OH is 1. The van der Waals surface area contributed by atoms with Crippen molar-refractivity contribution in [1.82, 2.24) is 9.88 Å². The van der Waals surface area contributed by atoms with Crippen LogP contribution in [-0.2, 0) is 4.79 Å². The third-order valence-electron chi connectivity index (χ3n) is 4.40. The maximum atomic E-state index is 9.78. The third kappa shape index (κ3) is 5.66. The molecule has 1 aliphatic heterocycles. The maximum Gasteiger partial charge on any atom is 0.116 e. The Labute approximate surface area is 149 Å². The first kappa shape index (κ1) is 19.1. The SMILES string of the molecule is CC=O.CN(c1ccncc1)C(CN1CCC(O)C1)c1ccccc1. The van der Waals surface area contributed by atoms with E-state index < -0.39 is 0 Å². The molecule has 0 aliphatic carbocycles. The van der Waals surface area contributed by atoms with E-state index in [2.05, 4.69) is 46.1 Å². The molecule has 5 heteroatoms. The topological polar surface area (TPSA) is 56.7 Å². The van der Waals surface area contributed by atoms with Gasteiger partial charge in [-0.2, -0.15) is 0 Å². The summed E-state index contributed by atoms with van der Waals surface area (Å²) in [7, 11) is 2.12. The van der Waals surface area contributed by atoms with E-state index in [9.17, 15) is 5.11 Å². The molecule has 1 saturated heterocycles. The normalized spacial score (nSPS) is 18.1. The van der Waals surface area contributed by atoms with Gasteiger partial charge < -0.3 is 14.8 Å². The predicted molar refractivity (Wildman–Crippen MR) is 101 cm³/mol. The Morgan fingerprint density at radius 2 is 1.92 bits per heavy atom. The molecule has 2 unspecified atom stereocenters. The number of aliphatic hydroxyl groups is 1. The summed E-state index contributed by atoms with van der Waals surface area (Å²) < 4.78 is 0. The van der Waals surface area contributed by atoms with Crippen molar-refractivity contribution in [2.45, 2.75) is 25.5 Å². The summed E-state index contributed by atoms with van der Waals surface area (Å²) in [4.78, 5) is 17.5. The van der Waals surface area contributed by atoms with Crippen LogP contribution in [0.5, 0.6) is 0 Å². The second-order valence-electron chi connectivity index (χ2n) is 6.18. The lowest BCUT2D eigenvalue weighted by Gasteiger charge is -2.33. The molecule has 1 fully saturated rings. The van der Waals surface area contributed by atoms with Crippen molar-refractivity contribution in [3.63, 3.8) is 0 Å². The van der Waals surface area contributed by atoms with Gasteiger partial charge in [0.1, 0.15) is 6.29 Å². The number of carbonyl (C=O) groups is 1. The average Bonchev–Trinajstić information content (AvgIpc) is 3.06. The number of aldehydes is 1. The number of aromatic nitrogens is 1. The van der Waals surface area contributed by atoms with Gasteiger partial charge in [0.2, 0.25) is 0 Å². The standard InChI is InChI=1S/C18H23N3O.C2H4O/c1-20(16-7-10-19-11-8-16)18(15-5-3-2-4-6-15)14-21-12-9-17(22)13-21;1-2-3/h2-8,10-11,17-18,22H,9,12-14H2,1H3;2H,1H3. The summed E-state index contributed by atoms with van der Waals surface area (Å²) >= 11 is 0. The zero-order chi connectivity index (χ0) is 18.1. The Kier molecular flexibility index (Phi) is 7.57. The fourth-order valence-corrected chi connectivity index (χ4v) is 3.11. The molecule has 1 aromatic heterocycles. The first-order valence-electron chi connectivity index (χ1n) is 8.63. The van der Waals surface area contributed by atoms with Crippen LogP contribution >= 0.6 is 0 Å². The summed E-state index contributed by atoms with van der Waals surface area (Å²) in [5.41, 5.74) is 2.45. The van der Waals surface area contributed by atoms with E-state index in [1.54, 1.807) is 0 Å². The summed E-state index contributed by atoms with van der Waals surface area (Å²) in [5, 5.41) is 9.78. The van der Waals surface area contributed by atoms with Gasteiger partial charge in [-0.15, -0.1) is 0 Å². The van der Waals surface area contributed by atoms with E-state index in [4.69, 9.17) is 4.79 Å². The van der Waals surface area contributed by atoms with Gasteiger partial charge in [-0.05, 0) is 31.0 Å². The molecule has 2 atom stereocenters. The molecule has 0 saturated carbocycles. The molecule has 2 heterocycles. The minimum absolute atomic E-state index is 0.178. The predicted octanol–water partition coefficient (Wildman–Crippen LogP) is 2.53. The van der Waals surface area contributed by atoms with Crippen LogP contribution < -0.4 is 4.90 Å². The Morgan fingerprint density at radius 3 is 2.48 bits per heavy atom. The average molecular weight is 341 g/mol. The van der Waals surface area contributed by atoms with Gasteiger partial charge >= 0.3 is 0 Å². The first-order valence-corrected chi connectivity index (χ1v) is 8.63. The summed E-state index contributed by atoms with van der Waals surface area (Å²) in [5.74, 6) is 0. The molecule has 3 rings (SSSR count). The van der Waals surface area contributed by atoms with Gasteiger partial charge in [-0.1, -0.05) is 30.3 Å². The van der Waals surface area contributed by atoms with E-state index in [-0.39, 0.29) is 12.1 Å². The van der Waals surface area contributed by atoms with Gasteiger partial charge in [-0.25, -0.2) is 0 Å². The van der Waals surface area contributed by atoms with Gasteiger partial charge in [-0.3, -0.25) is 9.88 Å². The third-order valence-corrected chi connectivity index (χ3v) is 4.40. The molecule has 0 bridgehead atoms. The minimum Gasteiger partial charge on any atom is -0.392 e. The number of likely N-dealkylation sites (N-methyl/N-ethyl adjacent to an activating group) is 1. The number of β-amino-alcohol motifs (C(OH)–C–C–N with tert-alkyl or cyclic N) is 1. The Balaban J connectivity index is 0.000000701. The second-order valence-corrected chi connectivity index (χ2v) is 6.18. The Bertz CT molecular complexity index is 621. The number of hydrogen-bond donors (Lipinski definition) is 1. The molecule has 0 radical (unpaired) electrons. The van der Waals surface area contributed by atoms with Gasteiger partial charge in [0.05, 0.1) is 12.1 Å². The number of hydrogen-bond acceptors (Lipinski definition) is 5. The number of pyridine rings is 1. The van der Waals surface area contributed by atoms with E-state index >= 15 is 0 Å². The lowest BCUT2D eigenvalue weighted by Crippen LogP contribution is -2.35. The van der Waals surface area contributed by atoms with Gasteiger partial charge in [0, 0.05) is 44.8 Å². The fraction of sp³-hybridized carbons (Fsp3) is 0.400. The van der Waals surface area contributed by atoms with E-state index in [0.717, 1.165) is 38.0 Å². The molecule has 25 heavy (non-hydrogen) atoms. The molecular weight excluding hydrogens is 314 g/mol. The number of benzene rings is 1. The van der Waals surface area contributed by atoms with Crippen molar-refractivity contribution in [3.8, 4) is 0 Å². The van der Waals surface area contributed by atoms with Crippen LogP contribution in [0.1, 0.15) is 24.9 Å². The molecule has 134 valence electrons. The van der Waals surface area contributed by atoms with Crippen molar-refractivity contribution in [3.05, 3.63) is 60.4 Å². The van der Waals surface area contributed by atoms with Crippen LogP contribution in [0.15, 0.2) is 54.9 Å². The molecule has 1 aromatic carbocycles. The van der Waals surface area contributed by atoms with Gasteiger partial charge in [0.15, 0.2) is 0 Å². The second kappa shape index (κ2) is 9.91. The number of rotatable bonds is 5. The van der Waals surface area contributed by atoms with Crippen molar-refractivity contribution in [2.75, 3.05) is 31.6 Å². The Hall–Kier alpha value is -2.24. The van der Waals surface area contributed by atoms with Crippen LogP contribution in [0, 0.1) is 0 Å². The quantitative estimate of drug-likeness (QED) is 0.847. The van der Waals surface area contributed by atoms with Crippen LogP contribution in [0.4, 0.5) is 5.69 Å². The highest BCUT2D eigenvalue weighted by Gasteiger charge is 2.26. The molecule has 1 aliphatic rings. The van der Waals surface area contributed by atoms with Crippen LogP contribution in [-0.4, -0.2) is 54.1 Å². The Morgan fingerprint density at radius 1 is 1.28 bits per heavy atom. The monoisotopic (exact) mass is 341 g/mol. The van der Waals surface area contributed by atoms with E-state index in [1.807, 2.05) is 30.6 Å². The fourth-order valence-electron chi connectivity index (χ4n) is 3.11.